The molecule has 0 spiro atoms. The van der Waals surface area contributed by atoms with Crippen molar-refractivity contribution in [3.05, 3.63) is 59.2 Å². The van der Waals surface area contributed by atoms with E-state index in [9.17, 15) is 13.2 Å². The van der Waals surface area contributed by atoms with Crippen LogP contribution < -0.4 is 5.32 Å². The van der Waals surface area contributed by atoms with Crippen LogP contribution in [0.4, 0.5) is 5.69 Å². The van der Waals surface area contributed by atoms with E-state index < -0.39 is 10.0 Å². The Morgan fingerprint density at radius 3 is 2.21 bits per heavy atom. The summed E-state index contributed by atoms with van der Waals surface area (Å²) in [6.45, 7) is 6.51. The first-order valence-corrected chi connectivity index (χ1v) is 10.8. The van der Waals surface area contributed by atoms with E-state index >= 15 is 0 Å². The number of anilines is 1. The second-order valence-corrected chi connectivity index (χ2v) is 9.31. The molecule has 0 aliphatic carbocycles. The lowest BCUT2D eigenvalue weighted by Crippen LogP contribution is -2.46. The third-order valence-electron chi connectivity index (χ3n) is 5.17. The van der Waals surface area contributed by atoms with E-state index in [1.54, 1.807) is 24.3 Å². The van der Waals surface area contributed by atoms with Crippen molar-refractivity contribution in [2.45, 2.75) is 25.2 Å². The molecule has 1 fully saturated rings. The number of sulfonamides is 1. The van der Waals surface area contributed by atoms with Gasteiger partial charge in [0.25, 0.3) is 0 Å². The molecule has 0 saturated carbocycles. The molecular weight excluding hydrogens is 374 g/mol. The molecule has 150 valence electrons. The average Bonchev–Trinajstić information content (AvgIpc) is 2.65. The molecule has 0 bridgehead atoms. The molecule has 1 aliphatic rings. The summed E-state index contributed by atoms with van der Waals surface area (Å²) >= 11 is 0. The SMILES string of the molecule is Cc1ccc(CC(=O)Nc2ccc(S(=O)(=O)N3CCN(C)CC3)cc2)cc1C. The Labute approximate surface area is 167 Å². The van der Waals surface area contributed by atoms with Gasteiger partial charge in [0.2, 0.25) is 15.9 Å². The number of hydrogen-bond donors (Lipinski definition) is 1. The van der Waals surface area contributed by atoms with Crippen LogP contribution in [0.15, 0.2) is 47.4 Å². The first kappa shape index (κ1) is 20.5. The van der Waals surface area contributed by atoms with Gasteiger partial charge in [-0.2, -0.15) is 4.31 Å². The highest BCUT2D eigenvalue weighted by Gasteiger charge is 2.27. The van der Waals surface area contributed by atoms with Gasteiger partial charge in [0.05, 0.1) is 11.3 Å². The zero-order valence-electron chi connectivity index (χ0n) is 16.6. The van der Waals surface area contributed by atoms with Crippen molar-refractivity contribution in [2.24, 2.45) is 0 Å². The van der Waals surface area contributed by atoms with Crippen LogP contribution in [-0.4, -0.2) is 56.8 Å². The van der Waals surface area contributed by atoms with Crippen molar-refractivity contribution >= 4 is 21.6 Å². The van der Waals surface area contributed by atoms with E-state index in [4.69, 9.17) is 0 Å². The van der Waals surface area contributed by atoms with Gasteiger partial charge in [-0.1, -0.05) is 18.2 Å². The molecule has 1 heterocycles. The normalized spacial score (nSPS) is 16.1. The fourth-order valence-corrected chi connectivity index (χ4v) is 4.61. The lowest BCUT2D eigenvalue weighted by molar-refractivity contribution is -0.115. The van der Waals surface area contributed by atoms with E-state index in [1.165, 1.54) is 9.87 Å². The molecule has 1 N–H and O–H groups in total. The van der Waals surface area contributed by atoms with E-state index in [1.807, 2.05) is 39.1 Å². The molecule has 0 aromatic heterocycles. The lowest BCUT2D eigenvalue weighted by Gasteiger charge is -2.31. The second kappa shape index (κ2) is 8.43. The van der Waals surface area contributed by atoms with Crippen LogP contribution in [0, 0.1) is 13.8 Å². The summed E-state index contributed by atoms with van der Waals surface area (Å²) in [5, 5.41) is 2.83. The Morgan fingerprint density at radius 1 is 0.964 bits per heavy atom. The summed E-state index contributed by atoms with van der Waals surface area (Å²) < 4.78 is 27.0. The zero-order chi connectivity index (χ0) is 20.3. The molecular formula is C21H27N3O3S. The van der Waals surface area contributed by atoms with Gasteiger partial charge in [-0.15, -0.1) is 0 Å². The molecule has 7 heteroatoms. The maximum atomic E-state index is 12.7. The van der Waals surface area contributed by atoms with Gasteiger partial charge in [0, 0.05) is 31.9 Å². The molecule has 2 aromatic carbocycles. The van der Waals surface area contributed by atoms with Crippen LogP contribution in [0.5, 0.6) is 0 Å². The monoisotopic (exact) mass is 401 g/mol. The smallest absolute Gasteiger partial charge is 0.243 e. The number of benzene rings is 2. The largest absolute Gasteiger partial charge is 0.326 e. The average molecular weight is 402 g/mol. The van der Waals surface area contributed by atoms with E-state index in [2.05, 4.69) is 10.2 Å². The molecule has 0 unspecified atom stereocenters. The predicted molar refractivity (Wildman–Crippen MR) is 111 cm³/mol. The highest BCUT2D eigenvalue weighted by atomic mass is 32.2. The number of likely N-dealkylation sites (N-methyl/N-ethyl adjacent to an activating group) is 1. The standard InChI is InChI=1S/C21H27N3O3S/c1-16-4-5-18(14-17(16)2)15-21(25)22-19-6-8-20(9-7-19)28(26,27)24-12-10-23(3)11-13-24/h4-9,14H,10-13,15H2,1-3H3,(H,22,25). The summed E-state index contributed by atoms with van der Waals surface area (Å²) in [6, 6.07) is 12.4. The summed E-state index contributed by atoms with van der Waals surface area (Å²) in [5.41, 5.74) is 3.89. The molecule has 0 radical (unpaired) electrons. The van der Waals surface area contributed by atoms with Crippen LogP contribution in [0.1, 0.15) is 16.7 Å². The van der Waals surface area contributed by atoms with Crippen molar-refractivity contribution in [1.82, 2.24) is 9.21 Å². The Balaban J connectivity index is 1.63. The summed E-state index contributed by atoms with van der Waals surface area (Å²) in [5.74, 6) is -0.127. The molecule has 6 nitrogen and oxygen atoms in total. The number of hydrogen-bond acceptors (Lipinski definition) is 4. The lowest BCUT2D eigenvalue weighted by atomic mass is 10.0. The molecule has 28 heavy (non-hydrogen) atoms. The number of carbonyl (C=O) groups is 1. The Hall–Kier alpha value is -2.22. The number of carbonyl (C=O) groups excluding carboxylic acids is 1. The van der Waals surface area contributed by atoms with Crippen LogP contribution in [0.2, 0.25) is 0 Å². The Kier molecular flexibility index (Phi) is 6.17. The summed E-state index contributed by atoms with van der Waals surface area (Å²) in [7, 11) is -1.51. The minimum absolute atomic E-state index is 0.127. The minimum Gasteiger partial charge on any atom is -0.326 e. The van der Waals surface area contributed by atoms with Crippen LogP contribution in [0.3, 0.4) is 0 Å². The maximum Gasteiger partial charge on any atom is 0.243 e. The zero-order valence-corrected chi connectivity index (χ0v) is 17.4. The molecule has 1 aliphatic heterocycles. The number of amides is 1. The van der Waals surface area contributed by atoms with E-state index in [0.717, 1.165) is 24.2 Å². The summed E-state index contributed by atoms with van der Waals surface area (Å²) in [6.07, 6.45) is 0.280. The first-order valence-electron chi connectivity index (χ1n) is 9.40. The number of rotatable bonds is 5. The molecule has 0 atom stereocenters. The van der Waals surface area contributed by atoms with E-state index in [0.29, 0.717) is 18.8 Å². The van der Waals surface area contributed by atoms with Gasteiger partial charge in [0.1, 0.15) is 0 Å². The van der Waals surface area contributed by atoms with Gasteiger partial charge < -0.3 is 10.2 Å². The predicted octanol–water partition coefficient (Wildman–Crippen LogP) is 2.42. The van der Waals surface area contributed by atoms with Crippen molar-refractivity contribution < 1.29 is 13.2 Å². The fourth-order valence-electron chi connectivity index (χ4n) is 3.19. The van der Waals surface area contributed by atoms with Gasteiger partial charge in [-0.25, -0.2) is 8.42 Å². The molecule has 1 amide bonds. The second-order valence-electron chi connectivity index (χ2n) is 7.38. The quantitative estimate of drug-likeness (QED) is 0.835. The fraction of sp³-hybridized carbons (Fsp3) is 0.381. The Bertz CT molecular complexity index is 947. The number of nitrogens with zero attached hydrogens (tertiary/aromatic N) is 2. The molecule has 3 rings (SSSR count). The van der Waals surface area contributed by atoms with Crippen molar-refractivity contribution in [2.75, 3.05) is 38.5 Å². The third-order valence-corrected chi connectivity index (χ3v) is 7.09. The van der Waals surface area contributed by atoms with Gasteiger partial charge in [0.15, 0.2) is 0 Å². The first-order chi connectivity index (χ1) is 13.3. The van der Waals surface area contributed by atoms with Crippen molar-refractivity contribution in [1.29, 1.82) is 0 Å². The van der Waals surface area contributed by atoms with E-state index in [-0.39, 0.29) is 17.2 Å². The number of aryl methyl sites for hydroxylation is 2. The van der Waals surface area contributed by atoms with Crippen molar-refractivity contribution in [3.63, 3.8) is 0 Å². The highest BCUT2D eigenvalue weighted by molar-refractivity contribution is 7.89. The van der Waals surface area contributed by atoms with Crippen LogP contribution >= 0.6 is 0 Å². The number of nitrogens with one attached hydrogen (secondary N) is 1. The Morgan fingerprint density at radius 2 is 1.61 bits per heavy atom. The van der Waals surface area contributed by atoms with Gasteiger partial charge >= 0.3 is 0 Å². The van der Waals surface area contributed by atoms with Crippen molar-refractivity contribution in [3.8, 4) is 0 Å². The topological polar surface area (TPSA) is 69.7 Å². The maximum absolute atomic E-state index is 12.7. The third kappa shape index (κ3) is 4.79. The molecule has 1 saturated heterocycles. The minimum atomic E-state index is -3.49. The molecule has 2 aromatic rings. The van der Waals surface area contributed by atoms with Crippen LogP contribution in [-0.2, 0) is 21.2 Å². The van der Waals surface area contributed by atoms with Gasteiger partial charge in [-0.05, 0) is 61.9 Å². The highest BCUT2D eigenvalue weighted by Crippen LogP contribution is 2.20. The van der Waals surface area contributed by atoms with Gasteiger partial charge in [-0.3, -0.25) is 4.79 Å². The van der Waals surface area contributed by atoms with Crippen LogP contribution in [0.25, 0.3) is 0 Å². The summed E-state index contributed by atoms with van der Waals surface area (Å²) in [4.78, 5) is 14.7. The number of piperazine rings is 1.